The summed E-state index contributed by atoms with van der Waals surface area (Å²) < 4.78 is 11.0. The molecule has 6 heteroatoms. The lowest BCUT2D eigenvalue weighted by molar-refractivity contribution is 0.0853. The van der Waals surface area contributed by atoms with E-state index in [9.17, 15) is 9.59 Å². The van der Waals surface area contributed by atoms with E-state index >= 15 is 0 Å². The normalized spacial score (nSPS) is 18.7. The molecule has 2 aromatic carbocycles. The minimum absolute atomic E-state index is 0.0226. The summed E-state index contributed by atoms with van der Waals surface area (Å²) in [6.07, 6.45) is 2.16. The molecule has 0 aromatic heterocycles. The maximum absolute atomic E-state index is 12.7. The second-order valence-corrected chi connectivity index (χ2v) is 7.59. The predicted octanol–water partition coefficient (Wildman–Crippen LogP) is 3.30. The average molecular weight is 394 g/mol. The second kappa shape index (κ2) is 8.55. The Balaban J connectivity index is 1.23. The lowest BCUT2D eigenvalue weighted by atomic mass is 9.89. The van der Waals surface area contributed by atoms with Crippen LogP contribution in [0.2, 0.25) is 0 Å². The number of nitrogens with zero attached hydrogens (tertiary/aromatic N) is 1. The molecule has 6 nitrogen and oxygen atoms in total. The first-order chi connectivity index (χ1) is 14.1. The average Bonchev–Trinajstić information content (AvgIpc) is 3.20. The molecule has 2 aliphatic heterocycles. The smallest absolute Gasteiger partial charge is 0.317 e. The Bertz CT molecular complexity index is 848. The summed E-state index contributed by atoms with van der Waals surface area (Å²) in [4.78, 5) is 27.0. The van der Waals surface area contributed by atoms with E-state index in [-0.39, 0.29) is 23.8 Å². The first-order valence-electron chi connectivity index (χ1n) is 10.1. The van der Waals surface area contributed by atoms with Crippen molar-refractivity contribution < 1.29 is 19.1 Å². The molecule has 4 rings (SSSR count). The van der Waals surface area contributed by atoms with Crippen LogP contribution < -0.4 is 14.8 Å². The molecule has 29 heavy (non-hydrogen) atoms. The molecule has 2 aromatic rings. The number of carbonyl (C=O) groups excluding carboxylic acids is 2. The van der Waals surface area contributed by atoms with E-state index in [0.717, 1.165) is 17.9 Å². The van der Waals surface area contributed by atoms with Gasteiger partial charge in [-0.3, -0.25) is 4.79 Å². The molecule has 152 valence electrons. The van der Waals surface area contributed by atoms with Crippen molar-refractivity contribution in [1.29, 1.82) is 0 Å². The molecule has 1 unspecified atom stereocenters. The number of ketones is 1. The van der Waals surface area contributed by atoms with Crippen LogP contribution in [0.25, 0.3) is 0 Å². The Morgan fingerprint density at radius 2 is 1.83 bits per heavy atom. The largest absolute Gasteiger partial charge is 0.497 e. The number of carbonyl (C=O) groups is 2. The third-order valence-corrected chi connectivity index (χ3v) is 5.72. The Hall–Kier alpha value is -3.02. The number of fused-ring (bicyclic) bond motifs is 1. The number of benzene rings is 2. The Labute approximate surface area is 170 Å². The highest BCUT2D eigenvalue weighted by atomic mass is 16.5. The molecule has 0 spiro atoms. The van der Waals surface area contributed by atoms with E-state index in [1.165, 1.54) is 5.56 Å². The molecule has 1 N–H and O–H groups in total. The van der Waals surface area contributed by atoms with Gasteiger partial charge in [-0.05, 0) is 48.7 Å². The van der Waals surface area contributed by atoms with Gasteiger partial charge in [-0.15, -0.1) is 0 Å². The minimum atomic E-state index is -0.0834. The van der Waals surface area contributed by atoms with Gasteiger partial charge in [0.25, 0.3) is 0 Å². The van der Waals surface area contributed by atoms with Gasteiger partial charge in [-0.2, -0.15) is 0 Å². The molecular weight excluding hydrogens is 368 g/mol. The number of methoxy groups -OCH3 is 1. The summed E-state index contributed by atoms with van der Waals surface area (Å²) in [5, 5.41) is 2.98. The highest BCUT2D eigenvalue weighted by Crippen LogP contribution is 2.28. The standard InChI is InChI=1S/C23H26N2O4/c1-28-19-8-6-16(7-9-19)22(26)17-10-12-25(13-11-17)23(27)24-15-20-14-18-4-2-3-5-21(18)29-20/h2-9,17,20H,10-15H2,1H3,(H,24,27). The zero-order valence-corrected chi connectivity index (χ0v) is 16.6. The van der Waals surface area contributed by atoms with Gasteiger partial charge in [0.1, 0.15) is 17.6 Å². The number of rotatable bonds is 5. The molecule has 2 heterocycles. The quantitative estimate of drug-likeness (QED) is 0.790. The molecule has 1 atom stereocenters. The third kappa shape index (κ3) is 4.36. The van der Waals surface area contributed by atoms with Crippen molar-refractivity contribution in [3.63, 3.8) is 0 Å². The van der Waals surface area contributed by atoms with Crippen LogP contribution in [0.4, 0.5) is 4.79 Å². The lowest BCUT2D eigenvalue weighted by Gasteiger charge is -2.31. The number of amides is 2. The van der Waals surface area contributed by atoms with E-state index in [1.54, 1.807) is 36.3 Å². The number of piperidine rings is 1. The van der Waals surface area contributed by atoms with Crippen molar-refractivity contribution in [1.82, 2.24) is 10.2 Å². The van der Waals surface area contributed by atoms with E-state index in [4.69, 9.17) is 9.47 Å². The number of hydrogen-bond donors (Lipinski definition) is 1. The number of Topliss-reactive ketones (excluding diaryl/α,β-unsaturated/α-hetero) is 1. The molecule has 1 saturated heterocycles. The molecule has 0 aliphatic carbocycles. The first kappa shape index (κ1) is 19.3. The van der Waals surface area contributed by atoms with Gasteiger partial charge in [0, 0.05) is 31.0 Å². The number of hydrogen-bond acceptors (Lipinski definition) is 4. The maximum Gasteiger partial charge on any atom is 0.317 e. The molecule has 1 fully saturated rings. The van der Waals surface area contributed by atoms with E-state index in [0.29, 0.717) is 38.0 Å². The fraction of sp³-hybridized carbons (Fsp3) is 0.391. The molecule has 0 bridgehead atoms. The van der Waals surface area contributed by atoms with Crippen LogP contribution in [0.3, 0.4) is 0 Å². The van der Waals surface area contributed by atoms with Crippen molar-refractivity contribution in [3.05, 3.63) is 59.7 Å². The SMILES string of the molecule is COc1ccc(C(=O)C2CCN(C(=O)NCC3Cc4ccccc4O3)CC2)cc1. The van der Waals surface area contributed by atoms with Crippen LogP contribution in [-0.4, -0.2) is 49.6 Å². The highest BCUT2D eigenvalue weighted by molar-refractivity contribution is 5.98. The van der Waals surface area contributed by atoms with E-state index in [1.807, 2.05) is 18.2 Å². The zero-order valence-electron chi connectivity index (χ0n) is 16.6. The molecule has 2 amide bonds. The first-order valence-corrected chi connectivity index (χ1v) is 10.1. The van der Waals surface area contributed by atoms with Crippen molar-refractivity contribution >= 4 is 11.8 Å². The zero-order chi connectivity index (χ0) is 20.2. The van der Waals surface area contributed by atoms with Gasteiger partial charge in [-0.1, -0.05) is 18.2 Å². The lowest BCUT2D eigenvalue weighted by Crippen LogP contribution is -2.47. The van der Waals surface area contributed by atoms with Crippen molar-refractivity contribution in [2.75, 3.05) is 26.7 Å². The van der Waals surface area contributed by atoms with Gasteiger partial charge in [0.15, 0.2) is 5.78 Å². The van der Waals surface area contributed by atoms with Crippen LogP contribution in [0, 0.1) is 5.92 Å². The van der Waals surface area contributed by atoms with Crippen molar-refractivity contribution in [2.45, 2.75) is 25.4 Å². The Morgan fingerprint density at radius 1 is 1.10 bits per heavy atom. The van der Waals surface area contributed by atoms with Gasteiger partial charge in [0.05, 0.1) is 13.7 Å². The molecular formula is C23H26N2O4. The van der Waals surface area contributed by atoms with Crippen molar-refractivity contribution in [2.24, 2.45) is 5.92 Å². The third-order valence-electron chi connectivity index (χ3n) is 5.72. The summed E-state index contributed by atoms with van der Waals surface area (Å²) in [5.41, 5.74) is 1.89. The second-order valence-electron chi connectivity index (χ2n) is 7.59. The number of para-hydroxylation sites is 1. The molecule has 2 aliphatic rings. The summed E-state index contributed by atoms with van der Waals surface area (Å²) in [7, 11) is 1.61. The van der Waals surface area contributed by atoms with Crippen LogP contribution in [-0.2, 0) is 6.42 Å². The highest BCUT2D eigenvalue weighted by Gasteiger charge is 2.29. The molecule has 0 radical (unpaired) electrons. The van der Waals surface area contributed by atoms with Crippen molar-refractivity contribution in [3.8, 4) is 11.5 Å². The van der Waals surface area contributed by atoms with E-state index in [2.05, 4.69) is 11.4 Å². The Morgan fingerprint density at radius 3 is 2.52 bits per heavy atom. The van der Waals surface area contributed by atoms with Gasteiger partial charge >= 0.3 is 6.03 Å². The number of ether oxygens (including phenoxy) is 2. The maximum atomic E-state index is 12.7. The van der Waals surface area contributed by atoms with E-state index < -0.39 is 0 Å². The summed E-state index contributed by atoms with van der Waals surface area (Å²) in [5.74, 6) is 1.75. The minimum Gasteiger partial charge on any atom is -0.497 e. The summed E-state index contributed by atoms with van der Waals surface area (Å²) >= 11 is 0. The monoisotopic (exact) mass is 394 g/mol. The van der Waals surface area contributed by atoms with Gasteiger partial charge in [0.2, 0.25) is 0 Å². The summed E-state index contributed by atoms with van der Waals surface area (Å²) in [6, 6.07) is 15.1. The number of likely N-dealkylation sites (tertiary alicyclic amines) is 1. The van der Waals surface area contributed by atoms with Crippen LogP contribution in [0.1, 0.15) is 28.8 Å². The van der Waals surface area contributed by atoms with Crippen LogP contribution >= 0.6 is 0 Å². The van der Waals surface area contributed by atoms with Gasteiger partial charge < -0.3 is 19.7 Å². The fourth-order valence-corrected chi connectivity index (χ4v) is 4.02. The van der Waals surface area contributed by atoms with Crippen LogP contribution in [0.15, 0.2) is 48.5 Å². The fourth-order valence-electron chi connectivity index (χ4n) is 4.02. The Kier molecular flexibility index (Phi) is 5.69. The topological polar surface area (TPSA) is 67.9 Å². The van der Waals surface area contributed by atoms with Crippen LogP contribution in [0.5, 0.6) is 11.5 Å². The summed E-state index contributed by atoms with van der Waals surface area (Å²) in [6.45, 7) is 1.66. The number of nitrogens with one attached hydrogen (secondary N) is 1. The van der Waals surface area contributed by atoms with Gasteiger partial charge in [-0.25, -0.2) is 4.79 Å². The predicted molar refractivity (Wildman–Crippen MR) is 110 cm³/mol. The number of urea groups is 1. The molecule has 0 saturated carbocycles.